The Morgan fingerprint density at radius 3 is 2.68 bits per heavy atom. The number of nitro groups is 1. The Balaban J connectivity index is 1.91. The number of fused-ring (bicyclic) bond motifs is 1. The third-order valence-corrected chi connectivity index (χ3v) is 3.36. The molecule has 2 rings (SSSR count). The molecule has 0 bridgehead atoms. The summed E-state index contributed by atoms with van der Waals surface area (Å²) in [4.78, 5) is 36.5. The van der Waals surface area contributed by atoms with Crippen LogP contribution in [-0.2, 0) is 14.3 Å². The number of unbranched alkanes of at least 4 members (excludes halogenated alkanes) is 1. The van der Waals surface area contributed by atoms with E-state index < -0.39 is 16.9 Å². The molecule has 0 fully saturated rings. The Morgan fingerprint density at radius 1 is 1.20 bits per heavy atom. The molecule has 0 saturated heterocycles. The average molecular weight is 348 g/mol. The molecule has 132 valence electrons. The third-order valence-electron chi connectivity index (χ3n) is 3.36. The van der Waals surface area contributed by atoms with Crippen molar-refractivity contribution in [2.75, 3.05) is 6.79 Å². The number of benzene rings is 1. The maximum absolute atomic E-state index is 11.5. The zero-order chi connectivity index (χ0) is 18.2. The summed E-state index contributed by atoms with van der Waals surface area (Å²) in [6, 6.07) is 5.83. The summed E-state index contributed by atoms with van der Waals surface area (Å²) in [5, 5.41) is 19.9. The van der Waals surface area contributed by atoms with Crippen LogP contribution in [0.2, 0.25) is 0 Å². The fraction of sp³-hybridized carbons (Fsp3) is 0.312. The summed E-state index contributed by atoms with van der Waals surface area (Å²) < 4.78 is 10.3. The molecule has 2 aromatic rings. The van der Waals surface area contributed by atoms with E-state index in [1.54, 1.807) is 12.1 Å². The van der Waals surface area contributed by atoms with Gasteiger partial charge in [0.15, 0.2) is 0 Å². The van der Waals surface area contributed by atoms with E-state index in [1.807, 2.05) is 0 Å². The fourth-order valence-corrected chi connectivity index (χ4v) is 2.18. The molecule has 1 aromatic carbocycles. The van der Waals surface area contributed by atoms with Gasteiger partial charge >= 0.3 is 11.9 Å². The number of non-ortho nitro benzene ring substituents is 1. The van der Waals surface area contributed by atoms with Gasteiger partial charge in [0.2, 0.25) is 6.79 Å². The maximum atomic E-state index is 11.5. The van der Waals surface area contributed by atoms with Crippen LogP contribution in [0.1, 0.15) is 25.7 Å². The second kappa shape index (κ2) is 8.57. The molecule has 9 heteroatoms. The molecule has 0 radical (unpaired) electrons. The number of esters is 1. The van der Waals surface area contributed by atoms with Crippen molar-refractivity contribution in [2.45, 2.75) is 25.7 Å². The van der Waals surface area contributed by atoms with Crippen LogP contribution in [0.15, 0.2) is 30.5 Å². The molecule has 1 heterocycles. The van der Waals surface area contributed by atoms with Gasteiger partial charge in [0.25, 0.3) is 5.69 Å². The van der Waals surface area contributed by atoms with Crippen molar-refractivity contribution in [1.29, 1.82) is 0 Å². The lowest BCUT2D eigenvalue weighted by atomic mass is 10.1. The van der Waals surface area contributed by atoms with Gasteiger partial charge in [-0.1, -0.05) is 0 Å². The zero-order valence-electron chi connectivity index (χ0n) is 13.2. The maximum Gasteiger partial charge on any atom is 0.308 e. The van der Waals surface area contributed by atoms with E-state index in [4.69, 9.17) is 14.6 Å². The van der Waals surface area contributed by atoms with Crippen molar-refractivity contribution < 1.29 is 29.1 Å². The van der Waals surface area contributed by atoms with Gasteiger partial charge in [0, 0.05) is 25.1 Å². The highest BCUT2D eigenvalue weighted by atomic mass is 16.7. The van der Waals surface area contributed by atoms with E-state index >= 15 is 0 Å². The summed E-state index contributed by atoms with van der Waals surface area (Å²) in [5.41, 5.74) is 0.208. The van der Waals surface area contributed by atoms with Crippen LogP contribution < -0.4 is 4.74 Å². The number of pyridine rings is 1. The van der Waals surface area contributed by atoms with Gasteiger partial charge in [-0.05, 0) is 31.0 Å². The number of hydrogen-bond acceptors (Lipinski definition) is 7. The van der Waals surface area contributed by atoms with Gasteiger partial charge < -0.3 is 14.6 Å². The van der Waals surface area contributed by atoms with Crippen molar-refractivity contribution in [2.24, 2.45) is 0 Å². The number of carboxylic acids is 1. The average Bonchev–Trinajstić information content (AvgIpc) is 2.58. The molecule has 9 nitrogen and oxygen atoms in total. The van der Waals surface area contributed by atoms with Crippen LogP contribution >= 0.6 is 0 Å². The molecule has 0 saturated carbocycles. The van der Waals surface area contributed by atoms with Gasteiger partial charge in [0.1, 0.15) is 11.3 Å². The summed E-state index contributed by atoms with van der Waals surface area (Å²) in [6.45, 7) is -0.360. The second-order valence-electron chi connectivity index (χ2n) is 5.12. The Kier molecular flexibility index (Phi) is 6.21. The summed E-state index contributed by atoms with van der Waals surface area (Å²) >= 11 is 0. The van der Waals surface area contributed by atoms with E-state index in [1.165, 1.54) is 18.3 Å². The zero-order valence-corrected chi connectivity index (χ0v) is 13.2. The number of rotatable bonds is 9. The lowest BCUT2D eigenvalue weighted by Gasteiger charge is -2.09. The first-order valence-corrected chi connectivity index (χ1v) is 7.51. The minimum absolute atomic E-state index is 0.00420. The summed E-state index contributed by atoms with van der Waals surface area (Å²) in [5.74, 6) is -1.15. The number of nitrogens with zero attached hydrogens (tertiary/aromatic N) is 2. The smallest absolute Gasteiger partial charge is 0.308 e. The van der Waals surface area contributed by atoms with Crippen molar-refractivity contribution in [1.82, 2.24) is 4.98 Å². The van der Waals surface area contributed by atoms with Crippen molar-refractivity contribution in [3.8, 4) is 5.75 Å². The normalized spacial score (nSPS) is 10.4. The molecular formula is C16H16N2O7. The number of ether oxygens (including phenoxy) is 2. The Bertz CT molecular complexity index is 791. The highest BCUT2D eigenvalue weighted by molar-refractivity contribution is 5.92. The number of nitro benzene ring substituents is 1. The van der Waals surface area contributed by atoms with Crippen LogP contribution in [0.4, 0.5) is 5.69 Å². The lowest BCUT2D eigenvalue weighted by Crippen LogP contribution is -2.10. The number of aliphatic carboxylic acids is 1. The van der Waals surface area contributed by atoms with Gasteiger partial charge in [-0.15, -0.1) is 0 Å². The highest BCUT2D eigenvalue weighted by Crippen LogP contribution is 2.31. The van der Waals surface area contributed by atoms with E-state index in [0.717, 1.165) is 0 Å². The van der Waals surface area contributed by atoms with Crippen molar-refractivity contribution >= 4 is 28.5 Å². The number of aromatic nitrogens is 1. The van der Waals surface area contributed by atoms with Crippen LogP contribution in [0.25, 0.3) is 10.9 Å². The first-order valence-electron chi connectivity index (χ1n) is 7.51. The summed E-state index contributed by atoms with van der Waals surface area (Å²) in [7, 11) is 0. The molecule has 0 aliphatic heterocycles. The first-order chi connectivity index (χ1) is 12.0. The second-order valence-corrected chi connectivity index (χ2v) is 5.12. The van der Waals surface area contributed by atoms with Crippen molar-refractivity contribution in [3.63, 3.8) is 0 Å². The minimum atomic E-state index is -0.908. The lowest BCUT2D eigenvalue weighted by molar-refractivity contribution is -0.383. The first kappa shape index (κ1) is 18.1. The molecule has 1 N–H and O–H groups in total. The number of carbonyl (C=O) groups is 2. The van der Waals surface area contributed by atoms with Crippen LogP contribution in [-0.4, -0.2) is 33.7 Å². The van der Waals surface area contributed by atoms with E-state index in [2.05, 4.69) is 4.98 Å². The van der Waals surface area contributed by atoms with Crippen LogP contribution in [0.5, 0.6) is 5.75 Å². The largest absolute Gasteiger partial charge is 0.481 e. The minimum Gasteiger partial charge on any atom is -0.481 e. The third kappa shape index (κ3) is 5.13. The molecular weight excluding hydrogens is 332 g/mol. The summed E-state index contributed by atoms with van der Waals surface area (Å²) in [6.07, 6.45) is 2.38. The molecule has 0 unspecified atom stereocenters. The monoisotopic (exact) mass is 348 g/mol. The van der Waals surface area contributed by atoms with Crippen LogP contribution in [0, 0.1) is 10.1 Å². The molecule has 0 spiro atoms. The molecule has 0 amide bonds. The standard InChI is InChI=1S/C16H16N2O7/c19-14(20)5-1-2-6-15(21)25-10-24-13-8-7-12(18(22)23)11-4-3-9-17-16(11)13/h3-4,7-9H,1-2,5-6,10H2,(H,19,20). The molecule has 25 heavy (non-hydrogen) atoms. The quantitative estimate of drug-likeness (QED) is 0.241. The number of carbonyl (C=O) groups excluding carboxylic acids is 1. The van der Waals surface area contributed by atoms with Crippen molar-refractivity contribution in [3.05, 3.63) is 40.6 Å². The molecule has 0 atom stereocenters. The molecule has 0 aliphatic rings. The van der Waals surface area contributed by atoms with Gasteiger partial charge in [-0.3, -0.25) is 24.7 Å². The predicted octanol–water partition coefficient (Wildman–Crippen LogP) is 2.67. The van der Waals surface area contributed by atoms with Gasteiger partial charge in [-0.2, -0.15) is 0 Å². The van der Waals surface area contributed by atoms with E-state index in [9.17, 15) is 19.7 Å². The number of carboxylic acid groups (broad SMARTS) is 1. The van der Waals surface area contributed by atoms with Gasteiger partial charge in [-0.25, -0.2) is 0 Å². The predicted molar refractivity (Wildman–Crippen MR) is 86.1 cm³/mol. The van der Waals surface area contributed by atoms with Crippen LogP contribution in [0.3, 0.4) is 0 Å². The number of hydrogen-bond donors (Lipinski definition) is 1. The van der Waals surface area contributed by atoms with Gasteiger partial charge in [0.05, 0.1) is 10.3 Å². The molecule has 1 aromatic heterocycles. The molecule has 0 aliphatic carbocycles. The highest BCUT2D eigenvalue weighted by Gasteiger charge is 2.16. The Hall–Kier alpha value is -3.23. The topological polar surface area (TPSA) is 129 Å². The Morgan fingerprint density at radius 2 is 1.96 bits per heavy atom. The van der Waals surface area contributed by atoms with E-state index in [-0.39, 0.29) is 31.1 Å². The fourth-order valence-electron chi connectivity index (χ4n) is 2.18. The SMILES string of the molecule is O=C(O)CCCCC(=O)OCOc1ccc([N+](=O)[O-])c2cccnc12. The van der Waals surface area contributed by atoms with E-state index in [0.29, 0.717) is 23.7 Å². The Labute approximate surface area is 142 Å².